The van der Waals surface area contributed by atoms with Crippen molar-refractivity contribution in [3.05, 3.63) is 18.2 Å². The molecule has 0 unspecified atom stereocenters. The highest BCUT2D eigenvalue weighted by molar-refractivity contribution is 6.39. The Bertz CT molecular complexity index is 712. The van der Waals surface area contributed by atoms with E-state index in [4.69, 9.17) is 9.47 Å². The van der Waals surface area contributed by atoms with Crippen molar-refractivity contribution >= 4 is 23.2 Å². The Kier molecular flexibility index (Phi) is 6.82. The molecule has 0 radical (unpaired) electrons. The van der Waals surface area contributed by atoms with E-state index in [0.717, 1.165) is 31.4 Å². The van der Waals surface area contributed by atoms with Gasteiger partial charge in [-0.3, -0.25) is 9.59 Å². The first-order valence-electron chi connectivity index (χ1n) is 9.13. The molecule has 0 atom stereocenters. The molecule has 1 aromatic rings. The fraction of sp³-hybridized carbons (Fsp3) is 0.550. The highest BCUT2D eigenvalue weighted by Crippen LogP contribution is 2.36. The Hall–Kier alpha value is -2.57. The van der Waals surface area contributed by atoms with Crippen molar-refractivity contribution in [2.45, 2.75) is 46.5 Å². The zero-order valence-corrected chi connectivity index (χ0v) is 16.7. The Morgan fingerprint density at radius 1 is 1.07 bits per heavy atom. The summed E-state index contributed by atoms with van der Waals surface area (Å²) in [6.07, 6.45) is 3.78. The first-order valence-corrected chi connectivity index (χ1v) is 9.13. The third-order valence-electron chi connectivity index (χ3n) is 4.97. The SMILES string of the molecule is COc1ccc(NC(=O)C(=O)NN=C2CCC(C(C)(C)C)CC2)c(OC)c1. The number of methoxy groups -OCH3 is 2. The lowest BCUT2D eigenvalue weighted by Crippen LogP contribution is -2.34. The maximum Gasteiger partial charge on any atom is 0.329 e. The molecule has 7 heteroatoms. The maximum absolute atomic E-state index is 12.1. The second-order valence-corrected chi connectivity index (χ2v) is 7.78. The van der Waals surface area contributed by atoms with Crippen molar-refractivity contribution in [1.82, 2.24) is 5.43 Å². The number of ether oxygens (including phenoxy) is 2. The minimum Gasteiger partial charge on any atom is -0.497 e. The van der Waals surface area contributed by atoms with Crippen molar-refractivity contribution in [3.8, 4) is 11.5 Å². The van der Waals surface area contributed by atoms with E-state index >= 15 is 0 Å². The predicted octanol–water partition coefficient (Wildman–Crippen LogP) is 3.35. The van der Waals surface area contributed by atoms with Crippen LogP contribution in [-0.2, 0) is 9.59 Å². The van der Waals surface area contributed by atoms with E-state index in [2.05, 4.69) is 36.6 Å². The van der Waals surface area contributed by atoms with Crippen molar-refractivity contribution < 1.29 is 19.1 Å². The van der Waals surface area contributed by atoms with E-state index in [1.165, 1.54) is 14.2 Å². The monoisotopic (exact) mass is 375 g/mol. The van der Waals surface area contributed by atoms with Crippen LogP contribution in [0, 0.1) is 11.3 Å². The zero-order chi connectivity index (χ0) is 20.0. The summed E-state index contributed by atoms with van der Waals surface area (Å²) >= 11 is 0. The van der Waals surface area contributed by atoms with Crippen molar-refractivity contribution in [2.75, 3.05) is 19.5 Å². The molecule has 1 aliphatic carbocycles. The summed E-state index contributed by atoms with van der Waals surface area (Å²) in [5.74, 6) is 0.0383. The number of carbonyl (C=O) groups excluding carboxylic acids is 2. The summed E-state index contributed by atoms with van der Waals surface area (Å²) in [7, 11) is 3.01. The minimum atomic E-state index is -0.807. The van der Waals surface area contributed by atoms with Gasteiger partial charge < -0.3 is 14.8 Å². The van der Waals surface area contributed by atoms with Crippen LogP contribution in [0.25, 0.3) is 0 Å². The second kappa shape index (κ2) is 8.88. The van der Waals surface area contributed by atoms with Crippen LogP contribution in [0.1, 0.15) is 46.5 Å². The first-order chi connectivity index (χ1) is 12.7. The number of hydrogen-bond acceptors (Lipinski definition) is 5. The van der Waals surface area contributed by atoms with Crippen molar-refractivity contribution in [1.29, 1.82) is 0 Å². The van der Waals surface area contributed by atoms with E-state index in [1.807, 2.05) is 0 Å². The van der Waals surface area contributed by atoms with Gasteiger partial charge in [-0.25, -0.2) is 5.43 Å². The van der Waals surface area contributed by atoms with E-state index in [-0.39, 0.29) is 5.41 Å². The molecule has 2 N–H and O–H groups in total. The molecule has 0 saturated heterocycles. The lowest BCUT2D eigenvalue weighted by Gasteiger charge is -2.34. The molecule has 2 rings (SSSR count). The van der Waals surface area contributed by atoms with Gasteiger partial charge in [-0.05, 0) is 49.1 Å². The fourth-order valence-electron chi connectivity index (χ4n) is 3.19. The molecule has 0 bridgehead atoms. The van der Waals surface area contributed by atoms with Crippen LogP contribution >= 0.6 is 0 Å². The summed E-state index contributed by atoms with van der Waals surface area (Å²) in [5.41, 5.74) is 3.96. The summed E-state index contributed by atoms with van der Waals surface area (Å²) < 4.78 is 10.3. The molecule has 0 heterocycles. The first kappa shape index (κ1) is 20.7. The molecule has 0 aromatic heterocycles. The number of hydrogen-bond donors (Lipinski definition) is 2. The molecule has 1 aliphatic rings. The third-order valence-corrected chi connectivity index (χ3v) is 4.97. The van der Waals surface area contributed by atoms with Crippen LogP contribution in [0.15, 0.2) is 23.3 Å². The molecule has 2 amide bonds. The van der Waals surface area contributed by atoms with Gasteiger partial charge in [0.25, 0.3) is 0 Å². The summed E-state index contributed by atoms with van der Waals surface area (Å²) in [5, 5.41) is 6.66. The quantitative estimate of drug-likeness (QED) is 0.624. The van der Waals surface area contributed by atoms with Gasteiger partial charge in [0, 0.05) is 11.8 Å². The Balaban J connectivity index is 1.90. The lowest BCUT2D eigenvalue weighted by atomic mass is 9.72. The van der Waals surface area contributed by atoms with Crippen molar-refractivity contribution in [3.63, 3.8) is 0 Å². The Morgan fingerprint density at radius 2 is 1.74 bits per heavy atom. The minimum absolute atomic E-state index is 0.284. The van der Waals surface area contributed by atoms with Gasteiger partial charge in [0.15, 0.2) is 0 Å². The largest absolute Gasteiger partial charge is 0.497 e. The zero-order valence-electron chi connectivity index (χ0n) is 16.7. The Labute approximate surface area is 160 Å². The van der Waals surface area contributed by atoms with Crippen LogP contribution in [0.3, 0.4) is 0 Å². The molecule has 0 aliphatic heterocycles. The highest BCUT2D eigenvalue weighted by atomic mass is 16.5. The fourth-order valence-corrected chi connectivity index (χ4v) is 3.19. The summed E-state index contributed by atoms with van der Waals surface area (Å²) in [6.45, 7) is 6.75. The highest BCUT2D eigenvalue weighted by Gasteiger charge is 2.28. The number of hydrazone groups is 1. The average Bonchev–Trinajstić information content (AvgIpc) is 2.65. The van der Waals surface area contributed by atoms with Crippen molar-refractivity contribution in [2.24, 2.45) is 16.4 Å². The molecule has 7 nitrogen and oxygen atoms in total. The molecular weight excluding hydrogens is 346 g/mol. The maximum atomic E-state index is 12.1. The van der Waals surface area contributed by atoms with E-state index in [1.54, 1.807) is 18.2 Å². The standard InChI is InChI=1S/C20H29N3O4/c1-20(2,3)13-6-8-14(9-7-13)22-23-19(25)18(24)21-16-11-10-15(26-4)12-17(16)27-5/h10-13H,6-9H2,1-5H3,(H,21,24)(H,23,25). The van der Waals surface area contributed by atoms with Crippen LogP contribution in [0.4, 0.5) is 5.69 Å². The third kappa shape index (κ3) is 5.70. The van der Waals surface area contributed by atoms with Crippen LogP contribution in [-0.4, -0.2) is 31.7 Å². The Morgan fingerprint density at radius 3 is 2.30 bits per heavy atom. The predicted molar refractivity (Wildman–Crippen MR) is 105 cm³/mol. The number of rotatable bonds is 4. The number of anilines is 1. The average molecular weight is 375 g/mol. The molecule has 1 aromatic carbocycles. The van der Waals surface area contributed by atoms with E-state index < -0.39 is 11.8 Å². The molecule has 148 valence electrons. The normalized spacial score (nSPS) is 17.1. The molecule has 0 spiro atoms. The van der Waals surface area contributed by atoms with Gasteiger partial charge in [-0.1, -0.05) is 20.8 Å². The van der Waals surface area contributed by atoms with Gasteiger partial charge in [-0.2, -0.15) is 5.10 Å². The number of benzene rings is 1. The lowest BCUT2D eigenvalue weighted by molar-refractivity contribution is -0.136. The van der Waals surface area contributed by atoms with E-state index in [0.29, 0.717) is 23.1 Å². The van der Waals surface area contributed by atoms with Gasteiger partial charge in [0.05, 0.1) is 19.9 Å². The summed E-state index contributed by atoms with van der Waals surface area (Å²) in [6, 6.07) is 4.91. The number of carbonyl (C=O) groups is 2. The molecule has 1 fully saturated rings. The van der Waals surface area contributed by atoms with Gasteiger partial charge in [0.2, 0.25) is 0 Å². The van der Waals surface area contributed by atoms with Gasteiger partial charge >= 0.3 is 11.8 Å². The smallest absolute Gasteiger partial charge is 0.329 e. The van der Waals surface area contributed by atoms with E-state index in [9.17, 15) is 9.59 Å². The molecular formula is C20H29N3O4. The number of nitrogens with zero attached hydrogens (tertiary/aromatic N) is 1. The van der Waals surface area contributed by atoms with Gasteiger partial charge in [0.1, 0.15) is 11.5 Å². The number of amides is 2. The van der Waals surface area contributed by atoms with Gasteiger partial charge in [-0.15, -0.1) is 0 Å². The number of nitrogens with one attached hydrogen (secondary N) is 2. The molecule has 1 saturated carbocycles. The van der Waals surface area contributed by atoms with Crippen LogP contribution < -0.4 is 20.2 Å². The summed E-state index contributed by atoms with van der Waals surface area (Å²) in [4.78, 5) is 24.2. The van der Waals surface area contributed by atoms with Crippen LogP contribution in [0.5, 0.6) is 11.5 Å². The topological polar surface area (TPSA) is 89.0 Å². The second-order valence-electron chi connectivity index (χ2n) is 7.78. The van der Waals surface area contributed by atoms with Crippen LogP contribution in [0.2, 0.25) is 0 Å². The molecule has 27 heavy (non-hydrogen) atoms.